The summed E-state index contributed by atoms with van der Waals surface area (Å²) in [6, 6.07) is 5.59. The first-order valence-electron chi connectivity index (χ1n) is 8.88. The summed E-state index contributed by atoms with van der Waals surface area (Å²) in [4.78, 5) is 21.1. The van der Waals surface area contributed by atoms with Crippen LogP contribution >= 0.6 is 0 Å². The number of amides is 1. The number of aliphatic hydroxyl groups is 1. The molecule has 2 unspecified atom stereocenters. The number of carbonyl (C=O) groups is 2. The van der Waals surface area contributed by atoms with Crippen molar-refractivity contribution in [1.29, 1.82) is 0 Å². The predicted octanol–water partition coefficient (Wildman–Crippen LogP) is -2.76. The molecule has 0 heterocycles. The zero-order chi connectivity index (χ0) is 21.5. The van der Waals surface area contributed by atoms with E-state index in [-0.39, 0.29) is 48.5 Å². The van der Waals surface area contributed by atoms with E-state index in [0.29, 0.717) is 12.0 Å². The van der Waals surface area contributed by atoms with Crippen molar-refractivity contribution in [2.75, 3.05) is 0 Å². The molecule has 1 rings (SSSR count). The Morgan fingerprint density at radius 3 is 2.28 bits per heavy atom. The Morgan fingerprint density at radius 2 is 1.83 bits per heavy atom. The van der Waals surface area contributed by atoms with Crippen LogP contribution in [0.4, 0.5) is 0 Å². The van der Waals surface area contributed by atoms with Crippen molar-refractivity contribution in [3.8, 4) is 0 Å². The first kappa shape index (κ1) is 28.0. The maximum Gasteiger partial charge on any atom is 1.00 e. The van der Waals surface area contributed by atoms with Crippen molar-refractivity contribution >= 4 is 22.0 Å². The molecule has 0 fully saturated rings. The van der Waals surface area contributed by atoms with Crippen LogP contribution in [-0.2, 0) is 31.1 Å². The quantitative estimate of drug-likeness (QED) is 0.201. The number of nitrogens with one attached hydrogen (secondary N) is 1. The molecular weight excluding hydrogens is 411 g/mol. The molecule has 3 atom stereocenters. The van der Waals surface area contributed by atoms with E-state index in [4.69, 9.17) is 10.5 Å². The largest absolute Gasteiger partial charge is 1.00 e. The maximum atomic E-state index is 12.4. The molecule has 158 valence electrons. The van der Waals surface area contributed by atoms with Crippen molar-refractivity contribution in [3.05, 3.63) is 35.9 Å². The molecule has 0 aliphatic carbocycles. The summed E-state index contributed by atoms with van der Waals surface area (Å²) in [6.45, 7) is 4.72. The molecule has 0 aliphatic heterocycles. The second-order valence-corrected chi connectivity index (χ2v) is 8.45. The summed E-state index contributed by atoms with van der Waals surface area (Å²) in [5, 5.41) is 12.7. The van der Waals surface area contributed by atoms with Crippen molar-refractivity contribution in [2.24, 2.45) is 11.7 Å². The first-order chi connectivity index (χ1) is 12.9. The molecule has 0 spiro atoms. The van der Waals surface area contributed by atoms with Gasteiger partial charge in [-0.25, -0.2) is 13.2 Å². The van der Waals surface area contributed by atoms with E-state index in [0.717, 1.165) is 0 Å². The summed E-state index contributed by atoms with van der Waals surface area (Å²) in [6.07, 6.45) is 0.0713. The average Bonchev–Trinajstić information content (AvgIpc) is 2.62. The van der Waals surface area contributed by atoms with Crippen LogP contribution in [0.15, 0.2) is 30.3 Å². The first-order valence-corrected chi connectivity index (χ1v) is 10.3. The van der Waals surface area contributed by atoms with E-state index in [1.165, 1.54) is 6.92 Å². The van der Waals surface area contributed by atoms with Gasteiger partial charge in [0.25, 0.3) is 4.93 Å². The molecule has 0 aliphatic rings. The van der Waals surface area contributed by atoms with E-state index < -0.39 is 39.0 Å². The summed E-state index contributed by atoms with van der Waals surface area (Å²) in [5.41, 5.74) is 6.27. The smallest absolute Gasteiger partial charge is 0.745 e. The van der Waals surface area contributed by atoms with Gasteiger partial charge >= 0.3 is 35.5 Å². The van der Waals surface area contributed by atoms with E-state index in [1.807, 2.05) is 13.8 Å². The third-order valence-electron chi connectivity index (χ3n) is 4.15. The number of rotatable bonds is 10. The molecule has 1 aromatic rings. The van der Waals surface area contributed by atoms with Crippen LogP contribution in [0.1, 0.15) is 39.2 Å². The Hall–Kier alpha value is -1.01. The van der Waals surface area contributed by atoms with Gasteiger partial charge in [-0.2, -0.15) is 0 Å². The molecule has 0 saturated carbocycles. The summed E-state index contributed by atoms with van der Waals surface area (Å²) in [5.74, 6) is -2.35. The number of ether oxygens (including phenoxy) is 1. The van der Waals surface area contributed by atoms with Gasteiger partial charge in [-0.15, -0.1) is 0 Å². The summed E-state index contributed by atoms with van der Waals surface area (Å²) < 4.78 is 40.1. The van der Waals surface area contributed by atoms with Crippen molar-refractivity contribution in [1.82, 2.24) is 5.32 Å². The van der Waals surface area contributed by atoms with Gasteiger partial charge in [0.05, 0.1) is 12.1 Å². The number of nitrogens with two attached hydrogens (primary N) is 1. The van der Waals surface area contributed by atoms with Crippen LogP contribution in [0.3, 0.4) is 0 Å². The van der Waals surface area contributed by atoms with Crippen LogP contribution in [-0.4, -0.2) is 47.0 Å². The fourth-order valence-electron chi connectivity index (χ4n) is 2.62. The molecule has 4 N–H and O–H groups in total. The standard InChI is InChI=1S/C18H28N2O7S.Na/c1-4-15(20-16(21)14(19)10-12(2)3)18(23,28(24,25)26)17(22)27-11-13-8-6-5-7-9-13;/h5-9,12,14-15,23H,4,10-11,19H2,1-3H3,(H,20,21)(H,24,25,26);/q;+1/p-1/t14-,15?,18?;/m0./s1. The molecule has 1 amide bonds. The minimum absolute atomic E-state index is 0. The van der Waals surface area contributed by atoms with E-state index in [2.05, 4.69) is 5.32 Å². The Kier molecular flexibility index (Phi) is 11.6. The van der Waals surface area contributed by atoms with E-state index in [1.54, 1.807) is 30.3 Å². The fraction of sp³-hybridized carbons (Fsp3) is 0.556. The van der Waals surface area contributed by atoms with Crippen molar-refractivity contribution < 1.29 is 62.0 Å². The Labute approximate surface area is 193 Å². The minimum atomic E-state index is -5.60. The van der Waals surface area contributed by atoms with Crippen LogP contribution in [0.5, 0.6) is 0 Å². The molecule has 0 radical (unpaired) electrons. The van der Waals surface area contributed by atoms with Gasteiger partial charge < -0.3 is 25.4 Å². The van der Waals surface area contributed by atoms with Gasteiger partial charge in [0, 0.05) is 0 Å². The second kappa shape index (κ2) is 12.0. The normalized spacial score (nSPS) is 15.6. The van der Waals surface area contributed by atoms with Gasteiger partial charge in [-0.05, 0) is 24.3 Å². The molecule has 9 nitrogen and oxygen atoms in total. The van der Waals surface area contributed by atoms with Crippen molar-refractivity contribution in [3.63, 3.8) is 0 Å². The summed E-state index contributed by atoms with van der Waals surface area (Å²) >= 11 is 0. The zero-order valence-electron chi connectivity index (χ0n) is 17.1. The second-order valence-electron chi connectivity index (χ2n) is 6.92. The summed E-state index contributed by atoms with van der Waals surface area (Å²) in [7, 11) is -5.60. The maximum absolute atomic E-state index is 12.4. The number of hydrogen-bond donors (Lipinski definition) is 3. The van der Waals surface area contributed by atoms with E-state index >= 15 is 0 Å². The van der Waals surface area contributed by atoms with Crippen LogP contribution in [0.25, 0.3) is 0 Å². The van der Waals surface area contributed by atoms with Gasteiger partial charge in [0.1, 0.15) is 16.7 Å². The van der Waals surface area contributed by atoms with Gasteiger partial charge in [0.15, 0.2) is 0 Å². The topological polar surface area (TPSA) is 159 Å². The molecule has 1 aromatic carbocycles. The van der Waals surface area contributed by atoms with Gasteiger partial charge in [-0.1, -0.05) is 51.1 Å². The Morgan fingerprint density at radius 1 is 1.28 bits per heavy atom. The fourth-order valence-corrected chi connectivity index (χ4v) is 3.45. The van der Waals surface area contributed by atoms with E-state index in [9.17, 15) is 27.7 Å². The average molecular weight is 438 g/mol. The molecule has 0 saturated heterocycles. The van der Waals surface area contributed by atoms with Gasteiger partial charge in [-0.3, -0.25) is 4.79 Å². The third-order valence-corrected chi connectivity index (χ3v) is 5.36. The molecule has 0 aromatic heterocycles. The molecule has 0 bridgehead atoms. The minimum Gasteiger partial charge on any atom is -0.745 e. The van der Waals surface area contributed by atoms with Crippen LogP contribution in [0, 0.1) is 5.92 Å². The molecule has 29 heavy (non-hydrogen) atoms. The van der Waals surface area contributed by atoms with Crippen molar-refractivity contribution in [2.45, 2.75) is 57.2 Å². The van der Waals surface area contributed by atoms with Crippen LogP contribution < -0.4 is 40.6 Å². The SMILES string of the molecule is CCC(NC(=O)[C@@H](N)CC(C)C)C(O)(C(=O)OCc1ccccc1)S(=O)(=O)[O-].[Na+]. The number of hydrogen-bond acceptors (Lipinski definition) is 8. The molecular formula is C18H27N2NaO7S. The Bertz CT molecular complexity index is 774. The third kappa shape index (κ3) is 7.63. The Balaban J connectivity index is 0.00000784. The number of carbonyl (C=O) groups excluding carboxylic acids is 2. The monoisotopic (exact) mass is 438 g/mol. The molecule has 11 heteroatoms. The number of esters is 1. The number of benzene rings is 1. The zero-order valence-corrected chi connectivity index (χ0v) is 19.9. The van der Waals surface area contributed by atoms with Crippen LogP contribution in [0.2, 0.25) is 0 Å². The van der Waals surface area contributed by atoms with Gasteiger partial charge in [0.2, 0.25) is 5.91 Å². The predicted molar refractivity (Wildman–Crippen MR) is 101 cm³/mol.